The van der Waals surface area contributed by atoms with Gasteiger partial charge in [0.2, 0.25) is 5.91 Å². The van der Waals surface area contributed by atoms with Crippen LogP contribution in [0.25, 0.3) is 11.0 Å². The quantitative estimate of drug-likeness (QED) is 0.522. The fourth-order valence-electron chi connectivity index (χ4n) is 3.70. The molecule has 3 rings (SSSR count). The Bertz CT molecular complexity index is 1070. The molecule has 0 spiro atoms. The van der Waals surface area contributed by atoms with Crippen LogP contribution in [0.5, 0.6) is 0 Å². The second kappa shape index (κ2) is 8.80. The molecule has 1 aromatic heterocycles. The van der Waals surface area contributed by atoms with Gasteiger partial charge in [-0.3, -0.25) is 4.79 Å². The molecule has 6 heteroatoms. The summed E-state index contributed by atoms with van der Waals surface area (Å²) in [5, 5.41) is 7.91. The molecule has 152 valence electrons. The van der Waals surface area contributed by atoms with E-state index in [1.165, 1.54) is 13.0 Å². The van der Waals surface area contributed by atoms with Crippen molar-refractivity contribution in [3.8, 4) is 0 Å². The number of benzene rings is 2. The largest absolute Gasteiger partial charge is 0.423 e. The zero-order chi connectivity index (χ0) is 21.0. The Hall–Kier alpha value is -2.63. The normalized spacial score (nSPS) is 11.6. The van der Waals surface area contributed by atoms with Crippen LogP contribution in [0, 0.1) is 0 Å². The third-order valence-corrected chi connectivity index (χ3v) is 5.62. The zero-order valence-corrected chi connectivity index (χ0v) is 17.6. The van der Waals surface area contributed by atoms with Crippen molar-refractivity contribution in [2.75, 3.05) is 5.32 Å². The number of hydrogen-bond acceptors (Lipinski definition) is 4. The first-order valence-corrected chi connectivity index (χ1v) is 10.1. The molecule has 0 aliphatic carbocycles. The van der Waals surface area contributed by atoms with Crippen LogP contribution in [-0.4, -0.2) is 5.91 Å². The minimum absolute atomic E-state index is 0.178. The maximum atomic E-state index is 12.1. The Balaban J connectivity index is 1.94. The van der Waals surface area contributed by atoms with Crippen LogP contribution in [0.3, 0.4) is 0 Å². The third kappa shape index (κ3) is 4.69. The molecule has 0 aliphatic rings. The molecule has 2 aromatic carbocycles. The molecular formula is C23H25ClN2O3. The molecule has 0 saturated heterocycles. The van der Waals surface area contributed by atoms with E-state index in [2.05, 4.69) is 24.5 Å². The van der Waals surface area contributed by atoms with E-state index < -0.39 is 5.63 Å². The first kappa shape index (κ1) is 21.1. The van der Waals surface area contributed by atoms with Crippen LogP contribution in [-0.2, 0) is 16.9 Å². The van der Waals surface area contributed by atoms with Crippen molar-refractivity contribution in [3.05, 3.63) is 75.1 Å². The highest BCUT2D eigenvalue weighted by Crippen LogP contribution is 2.31. The van der Waals surface area contributed by atoms with Gasteiger partial charge in [0.25, 0.3) is 0 Å². The number of hydrogen-bond donors (Lipinski definition) is 2. The van der Waals surface area contributed by atoms with Crippen molar-refractivity contribution in [2.24, 2.45) is 0 Å². The van der Waals surface area contributed by atoms with Crippen LogP contribution in [0.15, 0.2) is 57.7 Å². The van der Waals surface area contributed by atoms with Gasteiger partial charge in [-0.25, -0.2) is 4.79 Å². The average Bonchev–Trinajstić information content (AvgIpc) is 2.69. The SMILES string of the molecule is CCC(CC)(NCc1cc(=O)oc2cc(NC(C)=O)ccc12)c1ccc(Cl)cc1. The van der Waals surface area contributed by atoms with Gasteiger partial charge >= 0.3 is 5.63 Å². The van der Waals surface area contributed by atoms with Crippen LogP contribution < -0.4 is 16.3 Å². The van der Waals surface area contributed by atoms with Crippen molar-refractivity contribution >= 4 is 34.2 Å². The molecule has 0 aliphatic heterocycles. The molecule has 0 radical (unpaired) electrons. The smallest absolute Gasteiger partial charge is 0.336 e. The summed E-state index contributed by atoms with van der Waals surface area (Å²) in [5.74, 6) is -0.178. The lowest BCUT2D eigenvalue weighted by molar-refractivity contribution is -0.114. The molecule has 0 unspecified atom stereocenters. The second-order valence-electron chi connectivity index (χ2n) is 7.13. The van der Waals surface area contributed by atoms with E-state index >= 15 is 0 Å². The summed E-state index contributed by atoms with van der Waals surface area (Å²) in [6.45, 7) is 6.23. The number of anilines is 1. The van der Waals surface area contributed by atoms with Gasteiger partial charge in [0.15, 0.2) is 0 Å². The summed E-state index contributed by atoms with van der Waals surface area (Å²) in [6, 6.07) is 14.7. The standard InChI is InChI=1S/C23H25ClN2O3/c1-4-23(5-2,17-6-8-18(24)9-7-17)25-14-16-12-22(28)29-21-13-19(26-15(3)27)10-11-20(16)21/h6-13,25H,4-5,14H2,1-3H3,(H,26,27). The summed E-state index contributed by atoms with van der Waals surface area (Å²) in [7, 11) is 0. The van der Waals surface area contributed by atoms with Crippen molar-refractivity contribution < 1.29 is 9.21 Å². The minimum Gasteiger partial charge on any atom is -0.423 e. The third-order valence-electron chi connectivity index (χ3n) is 5.37. The molecule has 1 amide bonds. The lowest BCUT2D eigenvalue weighted by Crippen LogP contribution is -2.41. The fraction of sp³-hybridized carbons (Fsp3) is 0.304. The monoisotopic (exact) mass is 412 g/mol. The van der Waals surface area contributed by atoms with Gasteiger partial charge in [-0.05, 0) is 48.2 Å². The van der Waals surface area contributed by atoms with Gasteiger partial charge in [-0.15, -0.1) is 0 Å². The average molecular weight is 413 g/mol. The van der Waals surface area contributed by atoms with Crippen LogP contribution >= 0.6 is 11.6 Å². The predicted molar refractivity (Wildman–Crippen MR) is 117 cm³/mol. The van der Waals surface area contributed by atoms with E-state index in [-0.39, 0.29) is 11.4 Å². The van der Waals surface area contributed by atoms with Gasteiger partial charge in [-0.1, -0.05) is 37.6 Å². The molecule has 0 bridgehead atoms. The van der Waals surface area contributed by atoms with E-state index in [1.807, 2.05) is 30.3 Å². The number of nitrogens with one attached hydrogen (secondary N) is 2. The molecule has 3 aromatic rings. The zero-order valence-electron chi connectivity index (χ0n) is 16.8. The van der Waals surface area contributed by atoms with Gasteiger partial charge in [0, 0.05) is 47.2 Å². The highest BCUT2D eigenvalue weighted by Gasteiger charge is 2.28. The molecule has 2 N–H and O–H groups in total. The number of amides is 1. The Labute approximate surface area is 175 Å². The van der Waals surface area contributed by atoms with Crippen molar-refractivity contribution in [2.45, 2.75) is 45.7 Å². The van der Waals surface area contributed by atoms with E-state index in [0.29, 0.717) is 22.8 Å². The second-order valence-corrected chi connectivity index (χ2v) is 7.57. The number of carbonyl (C=O) groups is 1. The van der Waals surface area contributed by atoms with Crippen molar-refractivity contribution in [1.29, 1.82) is 0 Å². The molecule has 5 nitrogen and oxygen atoms in total. The molecule has 29 heavy (non-hydrogen) atoms. The highest BCUT2D eigenvalue weighted by molar-refractivity contribution is 6.30. The molecule has 0 atom stereocenters. The van der Waals surface area contributed by atoms with Crippen LogP contribution in [0.4, 0.5) is 5.69 Å². The summed E-state index contributed by atoms with van der Waals surface area (Å²) in [6.07, 6.45) is 1.77. The maximum absolute atomic E-state index is 12.1. The summed E-state index contributed by atoms with van der Waals surface area (Å²) in [5.41, 5.74) is 2.40. The fourth-order valence-corrected chi connectivity index (χ4v) is 3.83. The van der Waals surface area contributed by atoms with Gasteiger partial charge < -0.3 is 15.1 Å². The maximum Gasteiger partial charge on any atom is 0.336 e. The Morgan fingerprint density at radius 2 is 1.76 bits per heavy atom. The Morgan fingerprint density at radius 3 is 2.38 bits per heavy atom. The van der Waals surface area contributed by atoms with Crippen LogP contribution in [0.1, 0.15) is 44.7 Å². The summed E-state index contributed by atoms with van der Waals surface area (Å²) < 4.78 is 5.36. The van der Waals surface area contributed by atoms with Crippen LogP contribution in [0.2, 0.25) is 5.02 Å². The first-order chi connectivity index (χ1) is 13.9. The lowest BCUT2D eigenvalue weighted by atomic mass is 9.84. The molecule has 1 heterocycles. The Kier molecular flexibility index (Phi) is 6.40. The Morgan fingerprint density at radius 1 is 1.07 bits per heavy atom. The topological polar surface area (TPSA) is 71.3 Å². The van der Waals surface area contributed by atoms with E-state index in [1.54, 1.807) is 12.1 Å². The minimum atomic E-state index is -0.417. The molecule has 0 saturated carbocycles. The first-order valence-electron chi connectivity index (χ1n) is 9.72. The number of fused-ring (bicyclic) bond motifs is 1. The number of rotatable bonds is 7. The summed E-state index contributed by atoms with van der Waals surface area (Å²) >= 11 is 6.06. The van der Waals surface area contributed by atoms with Gasteiger partial charge in [0.1, 0.15) is 5.58 Å². The highest BCUT2D eigenvalue weighted by atomic mass is 35.5. The van der Waals surface area contributed by atoms with E-state index in [9.17, 15) is 9.59 Å². The van der Waals surface area contributed by atoms with Gasteiger partial charge in [-0.2, -0.15) is 0 Å². The summed E-state index contributed by atoms with van der Waals surface area (Å²) in [4.78, 5) is 23.4. The van der Waals surface area contributed by atoms with E-state index in [0.717, 1.165) is 29.4 Å². The van der Waals surface area contributed by atoms with Gasteiger partial charge in [0.05, 0.1) is 0 Å². The van der Waals surface area contributed by atoms with Crippen molar-refractivity contribution in [3.63, 3.8) is 0 Å². The number of halogens is 1. The van der Waals surface area contributed by atoms with E-state index in [4.69, 9.17) is 16.0 Å². The van der Waals surface area contributed by atoms with Crippen molar-refractivity contribution in [1.82, 2.24) is 5.32 Å². The predicted octanol–water partition coefficient (Wildman–Crippen LogP) is 5.21. The lowest BCUT2D eigenvalue weighted by Gasteiger charge is -2.34. The molecular weight excluding hydrogens is 388 g/mol. The number of carbonyl (C=O) groups excluding carboxylic acids is 1. The molecule has 0 fully saturated rings.